The largest absolute Gasteiger partial charge is 0.508 e. The second-order valence-electron chi connectivity index (χ2n) is 4.46. The molecule has 0 saturated carbocycles. The molecule has 22 heavy (non-hydrogen) atoms. The molecule has 1 N–H and O–H groups in total. The smallest absolute Gasteiger partial charge is 0.347 e. The lowest BCUT2D eigenvalue weighted by Crippen LogP contribution is -2.37. The predicted molar refractivity (Wildman–Crippen MR) is 71.3 cm³/mol. The number of pyridine rings is 1. The van der Waals surface area contributed by atoms with Crippen LogP contribution in [0.25, 0.3) is 0 Å². The number of amides is 1. The molecule has 1 amide bonds. The molecule has 0 saturated heterocycles. The molecule has 0 unspecified atom stereocenters. The second kappa shape index (κ2) is 6.69. The molecule has 0 aliphatic carbocycles. The van der Waals surface area contributed by atoms with E-state index in [-0.39, 0.29) is 11.7 Å². The highest BCUT2D eigenvalue weighted by Crippen LogP contribution is 2.19. The lowest BCUT2D eigenvalue weighted by atomic mass is 10.2. The van der Waals surface area contributed by atoms with E-state index in [1.54, 1.807) is 0 Å². The van der Waals surface area contributed by atoms with Crippen LogP contribution in [0.15, 0.2) is 29.7 Å². The van der Waals surface area contributed by atoms with Gasteiger partial charge in [-0.3, -0.25) is 4.79 Å². The van der Waals surface area contributed by atoms with Gasteiger partial charge in [0, 0.05) is 12.7 Å². The van der Waals surface area contributed by atoms with Crippen LogP contribution in [-0.2, 0) is 20.9 Å². The van der Waals surface area contributed by atoms with Crippen molar-refractivity contribution in [2.75, 3.05) is 13.2 Å². The van der Waals surface area contributed by atoms with Crippen molar-refractivity contribution in [3.8, 4) is 0 Å². The molecular formula is C13H11ClF2N2O4. The van der Waals surface area contributed by atoms with Crippen molar-refractivity contribution in [1.29, 1.82) is 0 Å². The van der Waals surface area contributed by atoms with Gasteiger partial charge in [0.1, 0.15) is 17.5 Å². The molecule has 0 spiro atoms. The fraction of sp³-hybridized carbons (Fsp3) is 0.308. The molecule has 0 fully saturated rings. The van der Waals surface area contributed by atoms with Gasteiger partial charge in [0.05, 0.1) is 6.54 Å². The Labute approximate surface area is 129 Å². The number of alkyl halides is 2. The normalized spacial score (nSPS) is 14.5. The van der Waals surface area contributed by atoms with Crippen molar-refractivity contribution in [3.05, 3.63) is 40.4 Å². The van der Waals surface area contributed by atoms with Gasteiger partial charge in [0.25, 0.3) is 12.3 Å². The Kier molecular flexibility index (Phi) is 4.92. The Morgan fingerprint density at radius 1 is 1.50 bits per heavy atom. The van der Waals surface area contributed by atoms with Gasteiger partial charge in [-0.25, -0.2) is 18.6 Å². The van der Waals surface area contributed by atoms with E-state index in [2.05, 4.69) is 9.72 Å². The van der Waals surface area contributed by atoms with Gasteiger partial charge in [-0.15, -0.1) is 0 Å². The standard InChI is InChI=1S/C13H11ClF2N2O4/c14-9-2-1-7(3-17-9)4-18(5-10(15)16)12(20)11-8(19)6-22-13(11)21/h1-3,10,19H,4-6H2. The number of hydrogen-bond donors (Lipinski definition) is 1. The monoisotopic (exact) mass is 332 g/mol. The maximum Gasteiger partial charge on any atom is 0.347 e. The highest BCUT2D eigenvalue weighted by Gasteiger charge is 2.34. The SMILES string of the molecule is O=C1OCC(O)=C1C(=O)N(Cc1ccc(Cl)nc1)CC(F)F. The summed E-state index contributed by atoms with van der Waals surface area (Å²) in [4.78, 5) is 28.1. The summed E-state index contributed by atoms with van der Waals surface area (Å²) in [6, 6.07) is 2.96. The third-order valence-electron chi connectivity index (χ3n) is 2.85. The fourth-order valence-electron chi connectivity index (χ4n) is 1.87. The number of hydrogen-bond acceptors (Lipinski definition) is 5. The molecule has 0 bridgehead atoms. The van der Waals surface area contributed by atoms with Crippen LogP contribution in [0.5, 0.6) is 0 Å². The minimum atomic E-state index is -2.80. The molecule has 1 aliphatic heterocycles. The van der Waals surface area contributed by atoms with Crippen LogP contribution >= 0.6 is 11.6 Å². The van der Waals surface area contributed by atoms with Crippen molar-refractivity contribution >= 4 is 23.5 Å². The predicted octanol–water partition coefficient (Wildman–Crippen LogP) is 1.70. The summed E-state index contributed by atoms with van der Waals surface area (Å²) in [6.45, 7) is -1.55. The van der Waals surface area contributed by atoms with Gasteiger partial charge in [0.2, 0.25) is 0 Å². The molecule has 1 aromatic rings. The average Bonchev–Trinajstić information content (AvgIpc) is 2.78. The van der Waals surface area contributed by atoms with E-state index in [0.717, 1.165) is 4.90 Å². The first-order chi connectivity index (χ1) is 10.4. The summed E-state index contributed by atoms with van der Waals surface area (Å²) in [7, 11) is 0. The number of halogens is 3. The summed E-state index contributed by atoms with van der Waals surface area (Å²) in [5.41, 5.74) is -0.174. The highest BCUT2D eigenvalue weighted by atomic mass is 35.5. The van der Waals surface area contributed by atoms with Crippen LogP contribution in [0, 0.1) is 0 Å². The first-order valence-corrected chi connectivity index (χ1v) is 6.53. The number of rotatable bonds is 5. The minimum Gasteiger partial charge on any atom is -0.508 e. The Morgan fingerprint density at radius 3 is 2.73 bits per heavy atom. The molecule has 0 radical (unpaired) electrons. The minimum absolute atomic E-state index is 0.211. The van der Waals surface area contributed by atoms with E-state index < -0.39 is 42.8 Å². The van der Waals surface area contributed by atoms with Gasteiger partial charge in [-0.1, -0.05) is 17.7 Å². The molecule has 0 aromatic carbocycles. The Bertz CT molecular complexity index is 619. The van der Waals surface area contributed by atoms with Crippen molar-refractivity contribution in [2.24, 2.45) is 0 Å². The van der Waals surface area contributed by atoms with Gasteiger partial charge < -0.3 is 14.7 Å². The highest BCUT2D eigenvalue weighted by molar-refractivity contribution is 6.29. The van der Waals surface area contributed by atoms with E-state index in [4.69, 9.17) is 11.6 Å². The molecule has 2 heterocycles. The van der Waals surface area contributed by atoms with Crippen molar-refractivity contribution in [2.45, 2.75) is 13.0 Å². The van der Waals surface area contributed by atoms with Gasteiger partial charge in [-0.2, -0.15) is 0 Å². The number of aliphatic hydroxyl groups is 1. The fourth-order valence-corrected chi connectivity index (χ4v) is 1.98. The number of nitrogens with zero attached hydrogens (tertiary/aromatic N) is 2. The third-order valence-corrected chi connectivity index (χ3v) is 3.08. The van der Waals surface area contributed by atoms with E-state index in [9.17, 15) is 23.5 Å². The number of carbonyl (C=O) groups is 2. The number of cyclic esters (lactones) is 1. The maximum absolute atomic E-state index is 12.7. The average molecular weight is 333 g/mol. The van der Waals surface area contributed by atoms with Crippen LogP contribution in [0.1, 0.15) is 5.56 Å². The zero-order chi connectivity index (χ0) is 16.3. The van der Waals surface area contributed by atoms with E-state index >= 15 is 0 Å². The summed E-state index contributed by atoms with van der Waals surface area (Å²) >= 11 is 5.62. The third kappa shape index (κ3) is 3.70. The number of carbonyl (C=O) groups excluding carboxylic acids is 2. The van der Waals surface area contributed by atoms with Crippen molar-refractivity contribution < 1.29 is 28.2 Å². The number of esters is 1. The number of aromatic nitrogens is 1. The topological polar surface area (TPSA) is 79.7 Å². The Hall–Kier alpha value is -2.22. The quantitative estimate of drug-likeness (QED) is 0.504. The number of aliphatic hydroxyl groups excluding tert-OH is 1. The van der Waals surface area contributed by atoms with Crippen molar-refractivity contribution in [3.63, 3.8) is 0 Å². The molecule has 1 aromatic heterocycles. The van der Waals surface area contributed by atoms with Gasteiger partial charge in [-0.05, 0) is 11.6 Å². The molecule has 9 heteroatoms. The number of ether oxygens (including phenoxy) is 1. The molecule has 6 nitrogen and oxygen atoms in total. The lowest BCUT2D eigenvalue weighted by Gasteiger charge is -2.22. The summed E-state index contributed by atoms with van der Waals surface area (Å²) < 4.78 is 29.8. The molecule has 2 rings (SSSR count). The van der Waals surface area contributed by atoms with Crippen molar-refractivity contribution in [1.82, 2.24) is 9.88 Å². The summed E-state index contributed by atoms with van der Waals surface area (Å²) in [5.74, 6) is -2.62. The summed E-state index contributed by atoms with van der Waals surface area (Å²) in [5, 5.41) is 9.70. The Morgan fingerprint density at radius 2 is 2.23 bits per heavy atom. The molecular weight excluding hydrogens is 322 g/mol. The van der Waals surface area contributed by atoms with Gasteiger partial charge >= 0.3 is 5.97 Å². The van der Waals surface area contributed by atoms with Crippen LogP contribution in [-0.4, -0.2) is 46.4 Å². The second-order valence-corrected chi connectivity index (χ2v) is 4.85. The van der Waals surface area contributed by atoms with Gasteiger partial charge in [0.15, 0.2) is 5.57 Å². The first-order valence-electron chi connectivity index (χ1n) is 6.15. The zero-order valence-electron chi connectivity index (χ0n) is 11.1. The van der Waals surface area contributed by atoms with Crippen LogP contribution in [0.2, 0.25) is 5.15 Å². The van der Waals surface area contributed by atoms with E-state index in [1.807, 2.05) is 0 Å². The van der Waals surface area contributed by atoms with Crippen LogP contribution < -0.4 is 0 Å². The van der Waals surface area contributed by atoms with Crippen LogP contribution in [0.3, 0.4) is 0 Å². The molecule has 0 atom stereocenters. The Balaban J connectivity index is 2.22. The van der Waals surface area contributed by atoms with E-state index in [0.29, 0.717) is 5.56 Å². The van der Waals surface area contributed by atoms with Crippen LogP contribution in [0.4, 0.5) is 8.78 Å². The molecule has 1 aliphatic rings. The lowest BCUT2D eigenvalue weighted by molar-refractivity contribution is -0.140. The first kappa shape index (κ1) is 16.2. The molecule has 118 valence electrons. The zero-order valence-corrected chi connectivity index (χ0v) is 11.9. The summed E-state index contributed by atoms with van der Waals surface area (Å²) in [6.07, 6.45) is -1.47. The van der Waals surface area contributed by atoms with E-state index in [1.165, 1.54) is 18.3 Å². The maximum atomic E-state index is 12.7.